The molecule has 1 aromatic carbocycles. The predicted molar refractivity (Wildman–Crippen MR) is 76.2 cm³/mol. The number of amides is 1. The lowest BCUT2D eigenvalue weighted by Gasteiger charge is -2.14. The Morgan fingerprint density at radius 3 is 2.71 bits per heavy atom. The van der Waals surface area contributed by atoms with Crippen LogP contribution in [0, 0.1) is 17.2 Å². The summed E-state index contributed by atoms with van der Waals surface area (Å²) < 4.78 is 13.1. The zero-order valence-corrected chi connectivity index (χ0v) is 12.1. The first-order valence-electron chi connectivity index (χ1n) is 7.16. The second-order valence-electron chi connectivity index (χ2n) is 6.01. The van der Waals surface area contributed by atoms with Gasteiger partial charge in [0.15, 0.2) is 0 Å². The molecule has 0 heterocycles. The van der Waals surface area contributed by atoms with Crippen molar-refractivity contribution in [1.29, 1.82) is 0 Å². The highest BCUT2D eigenvalue weighted by molar-refractivity contribution is 5.81. The Bertz CT molecular complexity index is 540. The van der Waals surface area contributed by atoms with E-state index in [1.54, 1.807) is 6.07 Å². The second-order valence-corrected chi connectivity index (χ2v) is 6.01. The minimum absolute atomic E-state index is 0.0757. The number of nitrogens with one attached hydrogen (secondary N) is 1. The molecule has 0 radical (unpaired) electrons. The number of carboxylic acids is 1. The maximum Gasteiger partial charge on any atom is 0.311 e. The van der Waals surface area contributed by atoms with Crippen LogP contribution in [-0.4, -0.2) is 23.5 Å². The third-order valence-electron chi connectivity index (χ3n) is 3.94. The van der Waals surface area contributed by atoms with Crippen LogP contribution in [0.3, 0.4) is 0 Å². The summed E-state index contributed by atoms with van der Waals surface area (Å²) in [6.07, 6.45) is 2.18. The number of aliphatic carboxylic acids is 1. The van der Waals surface area contributed by atoms with E-state index < -0.39 is 11.4 Å². The Balaban J connectivity index is 1.76. The number of rotatable bonds is 7. The fraction of sp³-hybridized carbons (Fsp3) is 0.500. The van der Waals surface area contributed by atoms with Crippen molar-refractivity contribution in [2.45, 2.75) is 32.6 Å². The Hall–Kier alpha value is -1.91. The highest BCUT2D eigenvalue weighted by Crippen LogP contribution is 2.45. The van der Waals surface area contributed by atoms with E-state index in [1.807, 2.05) is 13.0 Å². The van der Waals surface area contributed by atoms with Crippen molar-refractivity contribution in [2.75, 3.05) is 6.54 Å². The maximum atomic E-state index is 13.1. The molecular weight excluding hydrogens is 273 g/mol. The van der Waals surface area contributed by atoms with Crippen molar-refractivity contribution in [2.24, 2.45) is 11.3 Å². The quantitative estimate of drug-likeness (QED) is 0.811. The minimum atomic E-state index is -0.837. The van der Waals surface area contributed by atoms with Crippen molar-refractivity contribution < 1.29 is 19.1 Å². The van der Waals surface area contributed by atoms with Gasteiger partial charge in [-0.3, -0.25) is 9.59 Å². The molecule has 2 N–H and O–H groups in total. The highest BCUT2D eigenvalue weighted by atomic mass is 19.1. The summed E-state index contributed by atoms with van der Waals surface area (Å²) in [5, 5.41) is 11.7. The van der Waals surface area contributed by atoms with E-state index in [2.05, 4.69) is 5.32 Å². The molecule has 1 aromatic rings. The predicted octanol–water partition coefficient (Wildman–Crippen LogP) is 2.38. The zero-order chi connectivity index (χ0) is 15.5. The molecule has 0 aliphatic heterocycles. The van der Waals surface area contributed by atoms with E-state index >= 15 is 0 Å². The number of carbonyl (C=O) groups excluding carboxylic acids is 1. The van der Waals surface area contributed by atoms with Gasteiger partial charge in [0.1, 0.15) is 5.82 Å². The number of hydrogen-bond acceptors (Lipinski definition) is 2. The van der Waals surface area contributed by atoms with Gasteiger partial charge in [-0.05, 0) is 42.9 Å². The lowest BCUT2D eigenvalue weighted by Crippen LogP contribution is -2.34. The summed E-state index contributed by atoms with van der Waals surface area (Å²) in [5.74, 6) is -1.19. The molecule has 1 aliphatic rings. The van der Waals surface area contributed by atoms with Crippen LogP contribution < -0.4 is 5.32 Å². The first kappa shape index (κ1) is 15.5. The van der Waals surface area contributed by atoms with Crippen LogP contribution in [0.1, 0.15) is 31.7 Å². The van der Waals surface area contributed by atoms with Crippen LogP contribution in [0.15, 0.2) is 24.3 Å². The van der Waals surface area contributed by atoms with Crippen LogP contribution in [0.5, 0.6) is 0 Å². The van der Waals surface area contributed by atoms with Gasteiger partial charge in [-0.1, -0.05) is 19.1 Å². The van der Waals surface area contributed by atoms with Gasteiger partial charge < -0.3 is 10.4 Å². The normalized spacial score (nSPS) is 17.0. The monoisotopic (exact) mass is 293 g/mol. The van der Waals surface area contributed by atoms with Crippen LogP contribution >= 0.6 is 0 Å². The van der Waals surface area contributed by atoms with E-state index in [1.165, 1.54) is 12.1 Å². The topological polar surface area (TPSA) is 66.4 Å². The molecule has 0 saturated heterocycles. The highest BCUT2D eigenvalue weighted by Gasteiger charge is 2.50. The van der Waals surface area contributed by atoms with Gasteiger partial charge in [-0.2, -0.15) is 0 Å². The standard InChI is InChI=1S/C16H20FNO3/c1-11(7-12-3-2-4-13(17)9-12)8-14(19)18-10-16(5-6-16)15(20)21/h2-4,9,11H,5-8,10H2,1H3,(H,18,19)(H,20,21). The Labute approximate surface area is 123 Å². The first-order valence-corrected chi connectivity index (χ1v) is 7.16. The van der Waals surface area contributed by atoms with E-state index in [0.29, 0.717) is 25.7 Å². The number of benzene rings is 1. The van der Waals surface area contributed by atoms with Crippen LogP contribution in [0.2, 0.25) is 0 Å². The van der Waals surface area contributed by atoms with Crippen molar-refractivity contribution in [3.8, 4) is 0 Å². The maximum absolute atomic E-state index is 13.1. The van der Waals surface area contributed by atoms with Crippen molar-refractivity contribution in [3.05, 3.63) is 35.6 Å². The molecule has 114 valence electrons. The average Bonchev–Trinajstić information content (AvgIpc) is 3.17. The summed E-state index contributed by atoms with van der Waals surface area (Å²) in [7, 11) is 0. The molecule has 1 saturated carbocycles. The number of hydrogen-bond donors (Lipinski definition) is 2. The summed E-state index contributed by atoms with van der Waals surface area (Å²) >= 11 is 0. The second kappa shape index (κ2) is 6.24. The molecule has 21 heavy (non-hydrogen) atoms. The van der Waals surface area contributed by atoms with E-state index in [9.17, 15) is 14.0 Å². The third-order valence-corrected chi connectivity index (χ3v) is 3.94. The fourth-order valence-electron chi connectivity index (χ4n) is 2.41. The van der Waals surface area contributed by atoms with Gasteiger partial charge in [-0.15, -0.1) is 0 Å². The van der Waals surface area contributed by atoms with Crippen LogP contribution in [0.4, 0.5) is 4.39 Å². The van der Waals surface area contributed by atoms with Crippen molar-refractivity contribution in [1.82, 2.24) is 5.32 Å². The molecule has 1 unspecified atom stereocenters. The van der Waals surface area contributed by atoms with Crippen molar-refractivity contribution >= 4 is 11.9 Å². The molecular formula is C16H20FNO3. The largest absolute Gasteiger partial charge is 0.481 e. The Kier molecular flexibility index (Phi) is 4.60. The number of carbonyl (C=O) groups is 2. The molecule has 2 rings (SSSR count). The van der Waals surface area contributed by atoms with Gasteiger partial charge in [0.25, 0.3) is 0 Å². The van der Waals surface area contributed by atoms with Crippen LogP contribution in [-0.2, 0) is 16.0 Å². The Morgan fingerprint density at radius 2 is 2.14 bits per heavy atom. The molecule has 1 fully saturated rings. The van der Waals surface area contributed by atoms with Gasteiger partial charge in [-0.25, -0.2) is 4.39 Å². The smallest absolute Gasteiger partial charge is 0.311 e. The molecule has 1 amide bonds. The lowest BCUT2D eigenvalue weighted by molar-refractivity contribution is -0.143. The van der Waals surface area contributed by atoms with Crippen molar-refractivity contribution in [3.63, 3.8) is 0 Å². The summed E-state index contributed by atoms with van der Waals surface area (Å²) in [6.45, 7) is 2.13. The lowest BCUT2D eigenvalue weighted by atomic mass is 9.97. The number of carboxylic acid groups (broad SMARTS) is 1. The Morgan fingerprint density at radius 1 is 1.43 bits per heavy atom. The van der Waals surface area contributed by atoms with Gasteiger partial charge in [0.2, 0.25) is 5.91 Å². The molecule has 0 aromatic heterocycles. The van der Waals surface area contributed by atoms with E-state index in [-0.39, 0.29) is 24.2 Å². The third kappa shape index (κ3) is 4.28. The summed E-state index contributed by atoms with van der Waals surface area (Å²) in [4.78, 5) is 22.8. The van der Waals surface area contributed by atoms with Gasteiger partial charge >= 0.3 is 5.97 Å². The average molecular weight is 293 g/mol. The van der Waals surface area contributed by atoms with Gasteiger partial charge in [0, 0.05) is 13.0 Å². The number of halogens is 1. The van der Waals surface area contributed by atoms with Crippen LogP contribution in [0.25, 0.3) is 0 Å². The summed E-state index contributed by atoms with van der Waals surface area (Å²) in [6, 6.07) is 6.35. The van der Waals surface area contributed by atoms with E-state index in [0.717, 1.165) is 5.56 Å². The molecule has 1 aliphatic carbocycles. The first-order chi connectivity index (χ1) is 9.91. The minimum Gasteiger partial charge on any atom is -0.481 e. The molecule has 0 spiro atoms. The van der Waals surface area contributed by atoms with E-state index in [4.69, 9.17) is 5.11 Å². The van der Waals surface area contributed by atoms with Gasteiger partial charge in [0.05, 0.1) is 5.41 Å². The summed E-state index contributed by atoms with van der Waals surface area (Å²) in [5.41, 5.74) is 0.126. The molecule has 0 bridgehead atoms. The fourth-order valence-corrected chi connectivity index (χ4v) is 2.41. The molecule has 1 atom stereocenters. The zero-order valence-electron chi connectivity index (χ0n) is 12.1. The SMILES string of the molecule is CC(CC(=O)NCC1(C(=O)O)CC1)Cc1cccc(F)c1. The molecule has 4 nitrogen and oxygen atoms in total. The molecule has 5 heteroatoms.